The topological polar surface area (TPSA) is 51.8 Å². The predicted octanol–water partition coefficient (Wildman–Crippen LogP) is 2.00. The first kappa shape index (κ1) is 7.82. The Balaban J connectivity index is 2.75. The van der Waals surface area contributed by atoms with E-state index in [1.54, 1.807) is 11.3 Å². The summed E-state index contributed by atoms with van der Waals surface area (Å²) in [5, 5.41) is 2.71. The van der Waals surface area contributed by atoms with Crippen LogP contribution >= 0.6 is 23.1 Å². The van der Waals surface area contributed by atoms with Gasteiger partial charge in [-0.3, -0.25) is 0 Å². The van der Waals surface area contributed by atoms with Crippen molar-refractivity contribution < 1.29 is 0 Å². The Morgan fingerprint density at radius 3 is 3.08 bits per heavy atom. The third-order valence-electron chi connectivity index (χ3n) is 1.49. The largest absolute Gasteiger partial charge is 0.382 e. The lowest BCUT2D eigenvalue weighted by Gasteiger charge is -1.97. The van der Waals surface area contributed by atoms with Gasteiger partial charge in [0.25, 0.3) is 0 Å². The Morgan fingerprint density at radius 1 is 1.50 bits per heavy atom. The van der Waals surface area contributed by atoms with Gasteiger partial charge in [-0.1, -0.05) is 11.8 Å². The van der Waals surface area contributed by atoms with E-state index in [4.69, 9.17) is 5.73 Å². The maximum absolute atomic E-state index is 5.72. The molecule has 0 aliphatic carbocycles. The molecule has 0 fully saturated rings. The van der Waals surface area contributed by atoms with E-state index in [0.29, 0.717) is 5.82 Å². The average Bonchev–Trinajstić information content (AvgIpc) is 2.52. The van der Waals surface area contributed by atoms with Crippen LogP contribution in [-0.2, 0) is 0 Å². The number of nitrogens with two attached hydrogens (primary N) is 1. The monoisotopic (exact) mass is 197 g/mol. The summed E-state index contributed by atoms with van der Waals surface area (Å²) in [6.07, 6.45) is 1.94. The SMILES string of the molecule is CSc1nc(N)c2sccc2n1. The molecule has 0 bridgehead atoms. The summed E-state index contributed by atoms with van der Waals surface area (Å²) in [5.74, 6) is 0.583. The molecule has 0 aliphatic heterocycles. The van der Waals surface area contributed by atoms with E-state index in [0.717, 1.165) is 15.4 Å². The van der Waals surface area contributed by atoms with Gasteiger partial charge < -0.3 is 5.73 Å². The van der Waals surface area contributed by atoms with Crippen molar-refractivity contribution >= 4 is 39.1 Å². The molecule has 2 rings (SSSR count). The molecule has 2 heterocycles. The Bertz CT molecular complexity index is 410. The molecule has 0 aromatic carbocycles. The van der Waals surface area contributed by atoms with E-state index in [1.807, 2.05) is 17.7 Å². The van der Waals surface area contributed by atoms with E-state index >= 15 is 0 Å². The summed E-state index contributed by atoms with van der Waals surface area (Å²) in [4.78, 5) is 8.43. The van der Waals surface area contributed by atoms with Crippen LogP contribution in [0.4, 0.5) is 5.82 Å². The van der Waals surface area contributed by atoms with Crippen LogP contribution in [0.2, 0.25) is 0 Å². The minimum atomic E-state index is 0.583. The number of fused-ring (bicyclic) bond motifs is 1. The highest BCUT2D eigenvalue weighted by atomic mass is 32.2. The normalized spacial score (nSPS) is 10.8. The molecule has 2 aromatic rings. The molecule has 2 N–H and O–H groups in total. The lowest BCUT2D eigenvalue weighted by molar-refractivity contribution is 1.02. The minimum absolute atomic E-state index is 0.583. The minimum Gasteiger partial charge on any atom is -0.382 e. The van der Waals surface area contributed by atoms with Crippen LogP contribution in [0.3, 0.4) is 0 Å². The average molecular weight is 197 g/mol. The highest BCUT2D eigenvalue weighted by Gasteiger charge is 2.04. The lowest BCUT2D eigenvalue weighted by Crippen LogP contribution is -1.93. The highest BCUT2D eigenvalue weighted by Crippen LogP contribution is 2.25. The molecular weight excluding hydrogens is 190 g/mol. The molecule has 0 amide bonds. The number of nitrogen functional groups attached to an aromatic ring is 1. The van der Waals surface area contributed by atoms with E-state index in [9.17, 15) is 0 Å². The standard InChI is InChI=1S/C7H7N3S2/c1-11-7-9-4-2-3-12-5(4)6(8)10-7/h2-3H,1H3,(H2,8,9,10). The van der Waals surface area contributed by atoms with Crippen molar-refractivity contribution in [1.29, 1.82) is 0 Å². The summed E-state index contributed by atoms with van der Waals surface area (Å²) in [6.45, 7) is 0. The van der Waals surface area contributed by atoms with Crippen LogP contribution in [0.15, 0.2) is 16.6 Å². The van der Waals surface area contributed by atoms with Crippen molar-refractivity contribution in [2.45, 2.75) is 5.16 Å². The van der Waals surface area contributed by atoms with Crippen molar-refractivity contribution in [3.05, 3.63) is 11.4 Å². The second-order valence-electron chi connectivity index (χ2n) is 2.23. The van der Waals surface area contributed by atoms with E-state index < -0.39 is 0 Å². The zero-order chi connectivity index (χ0) is 8.55. The molecule has 0 aliphatic rings. The molecule has 62 valence electrons. The number of rotatable bonds is 1. The van der Waals surface area contributed by atoms with Crippen LogP contribution in [0.25, 0.3) is 10.2 Å². The summed E-state index contributed by atoms with van der Waals surface area (Å²) >= 11 is 3.08. The van der Waals surface area contributed by atoms with Crippen molar-refractivity contribution in [2.24, 2.45) is 0 Å². The summed E-state index contributed by atoms with van der Waals surface area (Å²) < 4.78 is 0.979. The molecule has 3 nitrogen and oxygen atoms in total. The fraction of sp³-hybridized carbons (Fsp3) is 0.143. The van der Waals surface area contributed by atoms with Gasteiger partial charge in [-0.05, 0) is 17.7 Å². The second-order valence-corrected chi connectivity index (χ2v) is 3.92. The molecule has 0 unspecified atom stereocenters. The van der Waals surface area contributed by atoms with Gasteiger partial charge in [0, 0.05) is 0 Å². The van der Waals surface area contributed by atoms with Crippen LogP contribution < -0.4 is 5.73 Å². The van der Waals surface area contributed by atoms with Gasteiger partial charge in [-0.25, -0.2) is 9.97 Å². The van der Waals surface area contributed by atoms with Gasteiger partial charge >= 0.3 is 0 Å². The number of anilines is 1. The first-order valence-corrected chi connectivity index (χ1v) is 5.46. The Hall–Kier alpha value is -0.810. The number of thiophene rings is 1. The summed E-state index contributed by atoms with van der Waals surface area (Å²) in [5.41, 5.74) is 6.66. The van der Waals surface area contributed by atoms with E-state index in [1.165, 1.54) is 11.8 Å². The third-order valence-corrected chi connectivity index (χ3v) is 2.97. The van der Waals surface area contributed by atoms with Gasteiger partial charge in [-0.2, -0.15) is 0 Å². The van der Waals surface area contributed by atoms with Gasteiger partial charge in [0.05, 0.1) is 10.2 Å². The molecule has 2 aromatic heterocycles. The number of hydrogen-bond donors (Lipinski definition) is 1. The summed E-state index contributed by atoms with van der Waals surface area (Å²) in [6, 6.07) is 1.96. The predicted molar refractivity (Wildman–Crippen MR) is 53.6 cm³/mol. The van der Waals surface area contributed by atoms with Crippen LogP contribution in [0.5, 0.6) is 0 Å². The van der Waals surface area contributed by atoms with E-state index in [-0.39, 0.29) is 0 Å². The lowest BCUT2D eigenvalue weighted by atomic mass is 10.4. The Labute approximate surface area is 78.0 Å². The Morgan fingerprint density at radius 2 is 2.33 bits per heavy atom. The molecule has 5 heteroatoms. The molecule has 0 saturated heterocycles. The van der Waals surface area contributed by atoms with Gasteiger partial charge in [-0.15, -0.1) is 11.3 Å². The quantitative estimate of drug-likeness (QED) is 0.561. The second kappa shape index (κ2) is 2.91. The van der Waals surface area contributed by atoms with Crippen LogP contribution in [0, 0.1) is 0 Å². The first-order chi connectivity index (χ1) is 5.81. The van der Waals surface area contributed by atoms with E-state index in [2.05, 4.69) is 9.97 Å². The maximum Gasteiger partial charge on any atom is 0.189 e. The van der Waals surface area contributed by atoms with Crippen LogP contribution in [0.1, 0.15) is 0 Å². The van der Waals surface area contributed by atoms with Crippen molar-refractivity contribution in [3.8, 4) is 0 Å². The van der Waals surface area contributed by atoms with Gasteiger partial charge in [0.2, 0.25) is 0 Å². The molecule has 0 radical (unpaired) electrons. The molecule has 0 saturated carbocycles. The first-order valence-electron chi connectivity index (χ1n) is 3.36. The van der Waals surface area contributed by atoms with Crippen LogP contribution in [-0.4, -0.2) is 16.2 Å². The van der Waals surface area contributed by atoms with Gasteiger partial charge in [0.1, 0.15) is 5.82 Å². The van der Waals surface area contributed by atoms with Crippen molar-refractivity contribution in [3.63, 3.8) is 0 Å². The highest BCUT2D eigenvalue weighted by molar-refractivity contribution is 7.98. The molecule has 12 heavy (non-hydrogen) atoms. The third kappa shape index (κ3) is 1.15. The number of thioether (sulfide) groups is 1. The summed E-state index contributed by atoms with van der Waals surface area (Å²) in [7, 11) is 0. The molecule has 0 atom stereocenters. The maximum atomic E-state index is 5.72. The fourth-order valence-electron chi connectivity index (χ4n) is 0.955. The molecular formula is C7H7N3S2. The fourth-order valence-corrected chi connectivity index (χ4v) is 2.07. The smallest absolute Gasteiger partial charge is 0.189 e. The number of nitrogens with zero attached hydrogens (tertiary/aromatic N) is 2. The van der Waals surface area contributed by atoms with Gasteiger partial charge in [0.15, 0.2) is 5.16 Å². The zero-order valence-electron chi connectivity index (χ0n) is 6.44. The van der Waals surface area contributed by atoms with Crippen molar-refractivity contribution in [1.82, 2.24) is 9.97 Å². The number of aromatic nitrogens is 2. The molecule has 0 spiro atoms. The number of hydrogen-bond acceptors (Lipinski definition) is 5. The van der Waals surface area contributed by atoms with Crippen molar-refractivity contribution in [2.75, 3.05) is 12.0 Å². The zero-order valence-corrected chi connectivity index (χ0v) is 8.08. The Kier molecular flexibility index (Phi) is 1.90.